The van der Waals surface area contributed by atoms with Crippen LogP contribution in [0.4, 0.5) is 5.69 Å². The molecule has 0 heterocycles. The zero-order chi connectivity index (χ0) is 28.2. The van der Waals surface area contributed by atoms with Crippen molar-refractivity contribution in [3.05, 3.63) is 81.8 Å². The number of ether oxygens (including phenoxy) is 3. The van der Waals surface area contributed by atoms with Gasteiger partial charge in [-0.3, -0.25) is 14.4 Å². The largest absolute Gasteiger partial charge is 0.493 e. The summed E-state index contributed by atoms with van der Waals surface area (Å²) >= 11 is 12.0. The standard InChI is InChI=1S/C27H26Cl2N4O6/c1-37-22-10-9-17(14-23(22)38-2)11-12-30-26(35)27(36)33-31-15-18-5-3-6-19(13-18)39-16-24(34)32-21-8-4-7-20(28)25(21)29/h3-10,13-15H,11-12,16H2,1-2H3,(H,30,35)(H,32,34)(H,33,36)/b31-15-. The van der Waals surface area contributed by atoms with E-state index in [0.717, 1.165) is 5.56 Å². The second kappa shape index (κ2) is 14.6. The average molecular weight is 573 g/mol. The van der Waals surface area contributed by atoms with Crippen LogP contribution in [-0.2, 0) is 20.8 Å². The highest BCUT2D eigenvalue weighted by Crippen LogP contribution is 2.29. The van der Waals surface area contributed by atoms with Crippen molar-refractivity contribution in [2.75, 3.05) is 32.7 Å². The molecule has 0 saturated heterocycles. The number of halogens is 2. The van der Waals surface area contributed by atoms with Crippen molar-refractivity contribution in [1.82, 2.24) is 10.7 Å². The third kappa shape index (κ3) is 8.91. The molecule has 3 rings (SSSR count). The summed E-state index contributed by atoms with van der Waals surface area (Å²) in [6.07, 6.45) is 1.83. The molecule has 12 heteroatoms. The van der Waals surface area contributed by atoms with Gasteiger partial charge in [-0.15, -0.1) is 0 Å². The first kappa shape index (κ1) is 29.3. The molecule has 0 saturated carbocycles. The number of carbonyl (C=O) groups excluding carboxylic acids is 3. The molecule has 0 aromatic heterocycles. The Morgan fingerprint density at radius 1 is 0.923 bits per heavy atom. The molecule has 3 amide bonds. The molecule has 3 N–H and O–H groups in total. The van der Waals surface area contributed by atoms with Gasteiger partial charge in [-0.2, -0.15) is 5.10 Å². The predicted octanol–water partition coefficient (Wildman–Crippen LogP) is 3.84. The molecule has 0 spiro atoms. The maximum absolute atomic E-state index is 12.2. The van der Waals surface area contributed by atoms with E-state index >= 15 is 0 Å². The Hall–Kier alpha value is -4.28. The van der Waals surface area contributed by atoms with Gasteiger partial charge < -0.3 is 24.8 Å². The summed E-state index contributed by atoms with van der Waals surface area (Å²) in [7, 11) is 3.09. The van der Waals surface area contributed by atoms with E-state index in [1.54, 1.807) is 61.7 Å². The Morgan fingerprint density at radius 3 is 2.46 bits per heavy atom. The van der Waals surface area contributed by atoms with Crippen LogP contribution in [0.5, 0.6) is 17.2 Å². The summed E-state index contributed by atoms with van der Waals surface area (Å²) in [4.78, 5) is 36.3. The van der Waals surface area contributed by atoms with Crippen molar-refractivity contribution in [3.8, 4) is 17.2 Å². The van der Waals surface area contributed by atoms with Gasteiger partial charge in [0.2, 0.25) is 0 Å². The van der Waals surface area contributed by atoms with E-state index in [4.69, 9.17) is 37.4 Å². The van der Waals surface area contributed by atoms with Gasteiger partial charge in [-0.05, 0) is 53.9 Å². The van der Waals surface area contributed by atoms with Gasteiger partial charge in [-0.25, -0.2) is 5.43 Å². The normalized spacial score (nSPS) is 10.6. The maximum Gasteiger partial charge on any atom is 0.329 e. The van der Waals surface area contributed by atoms with Crippen LogP contribution < -0.4 is 30.3 Å². The third-order valence-electron chi connectivity index (χ3n) is 5.19. The molecule has 3 aromatic carbocycles. The average Bonchev–Trinajstić information content (AvgIpc) is 2.94. The molecule has 0 bridgehead atoms. The van der Waals surface area contributed by atoms with Gasteiger partial charge in [0.25, 0.3) is 5.91 Å². The van der Waals surface area contributed by atoms with Gasteiger partial charge >= 0.3 is 11.8 Å². The zero-order valence-electron chi connectivity index (χ0n) is 21.1. The molecule has 0 radical (unpaired) electrons. The molecule has 10 nitrogen and oxygen atoms in total. The lowest BCUT2D eigenvalue weighted by Gasteiger charge is -2.10. The quantitative estimate of drug-likeness (QED) is 0.182. The molecule has 0 unspecified atom stereocenters. The van der Waals surface area contributed by atoms with Crippen molar-refractivity contribution >= 4 is 52.8 Å². The Balaban J connectivity index is 1.43. The fourth-order valence-corrected chi connectivity index (χ4v) is 3.62. The van der Waals surface area contributed by atoms with Crippen molar-refractivity contribution in [1.29, 1.82) is 0 Å². The Labute approximate surface area is 235 Å². The molecule has 0 aliphatic carbocycles. The number of methoxy groups -OCH3 is 2. The fourth-order valence-electron chi connectivity index (χ4n) is 3.27. The number of amides is 3. The first-order valence-corrected chi connectivity index (χ1v) is 12.3. The minimum absolute atomic E-state index is 0.236. The number of benzene rings is 3. The van der Waals surface area contributed by atoms with Crippen LogP contribution in [0.25, 0.3) is 0 Å². The lowest BCUT2D eigenvalue weighted by Crippen LogP contribution is -2.38. The number of nitrogens with zero attached hydrogens (tertiary/aromatic N) is 1. The lowest BCUT2D eigenvalue weighted by atomic mass is 10.1. The molecular formula is C27H26Cl2N4O6. The fraction of sp³-hybridized carbons (Fsp3) is 0.185. The van der Waals surface area contributed by atoms with Crippen LogP contribution in [0.3, 0.4) is 0 Å². The predicted molar refractivity (Wildman–Crippen MR) is 149 cm³/mol. The summed E-state index contributed by atoms with van der Waals surface area (Å²) < 4.78 is 16.0. The van der Waals surface area contributed by atoms with E-state index in [-0.39, 0.29) is 18.2 Å². The summed E-state index contributed by atoms with van der Waals surface area (Å²) in [5.74, 6) is -0.594. The molecule has 3 aromatic rings. The maximum atomic E-state index is 12.2. The Morgan fingerprint density at radius 2 is 1.69 bits per heavy atom. The van der Waals surface area contributed by atoms with E-state index in [1.165, 1.54) is 13.3 Å². The Kier molecular flexibility index (Phi) is 11.0. The van der Waals surface area contributed by atoms with E-state index in [9.17, 15) is 14.4 Å². The topological polar surface area (TPSA) is 127 Å². The van der Waals surface area contributed by atoms with Crippen LogP contribution in [0.15, 0.2) is 65.8 Å². The van der Waals surface area contributed by atoms with Crippen LogP contribution in [-0.4, -0.2) is 51.3 Å². The van der Waals surface area contributed by atoms with Gasteiger partial charge in [0.05, 0.1) is 36.2 Å². The molecule has 204 valence electrons. The number of rotatable bonds is 11. The summed E-state index contributed by atoms with van der Waals surface area (Å²) in [5, 5.41) is 9.52. The SMILES string of the molecule is COc1ccc(CCNC(=O)C(=O)N/N=C\c2cccc(OCC(=O)Nc3cccc(Cl)c3Cl)c2)cc1OC. The Bertz CT molecular complexity index is 1370. The highest BCUT2D eigenvalue weighted by molar-refractivity contribution is 6.44. The minimum Gasteiger partial charge on any atom is -0.493 e. The number of anilines is 1. The van der Waals surface area contributed by atoms with Crippen molar-refractivity contribution in [3.63, 3.8) is 0 Å². The molecule has 39 heavy (non-hydrogen) atoms. The summed E-state index contributed by atoms with van der Waals surface area (Å²) in [6, 6.07) is 17.0. The molecule has 0 fully saturated rings. The summed E-state index contributed by atoms with van der Waals surface area (Å²) in [6.45, 7) is -0.0361. The number of hydrogen-bond acceptors (Lipinski definition) is 7. The van der Waals surface area contributed by atoms with E-state index < -0.39 is 17.7 Å². The van der Waals surface area contributed by atoms with Crippen LogP contribution in [0.2, 0.25) is 10.0 Å². The first-order chi connectivity index (χ1) is 18.8. The van der Waals surface area contributed by atoms with Crippen LogP contribution >= 0.6 is 23.2 Å². The second-order valence-corrected chi connectivity index (χ2v) is 8.69. The van der Waals surface area contributed by atoms with E-state index in [1.807, 2.05) is 6.07 Å². The molecule has 0 aliphatic rings. The van der Waals surface area contributed by atoms with Crippen molar-refractivity contribution in [2.24, 2.45) is 5.10 Å². The number of hydrazone groups is 1. The monoisotopic (exact) mass is 572 g/mol. The highest BCUT2D eigenvalue weighted by Gasteiger charge is 2.13. The van der Waals surface area contributed by atoms with Gasteiger partial charge in [0.1, 0.15) is 5.75 Å². The zero-order valence-corrected chi connectivity index (χ0v) is 22.6. The van der Waals surface area contributed by atoms with Crippen molar-refractivity contribution in [2.45, 2.75) is 6.42 Å². The number of hydrogen-bond donors (Lipinski definition) is 3. The lowest BCUT2D eigenvalue weighted by molar-refractivity contribution is -0.139. The molecule has 0 aliphatic heterocycles. The van der Waals surface area contributed by atoms with Crippen molar-refractivity contribution < 1.29 is 28.6 Å². The molecule has 0 atom stereocenters. The minimum atomic E-state index is -0.915. The van der Waals surface area contributed by atoms with E-state index in [2.05, 4.69) is 21.2 Å². The third-order valence-corrected chi connectivity index (χ3v) is 6.01. The number of nitrogens with one attached hydrogen (secondary N) is 3. The smallest absolute Gasteiger partial charge is 0.329 e. The van der Waals surface area contributed by atoms with Gasteiger partial charge in [0.15, 0.2) is 18.1 Å². The summed E-state index contributed by atoms with van der Waals surface area (Å²) in [5.41, 5.74) is 4.02. The highest BCUT2D eigenvalue weighted by atomic mass is 35.5. The number of carbonyl (C=O) groups is 3. The first-order valence-electron chi connectivity index (χ1n) is 11.6. The second-order valence-electron chi connectivity index (χ2n) is 7.91. The molecular weight excluding hydrogens is 547 g/mol. The van der Waals surface area contributed by atoms with Crippen LogP contribution in [0, 0.1) is 0 Å². The van der Waals surface area contributed by atoms with Gasteiger partial charge in [-0.1, -0.05) is 47.5 Å². The van der Waals surface area contributed by atoms with Crippen LogP contribution in [0.1, 0.15) is 11.1 Å². The van der Waals surface area contributed by atoms with E-state index in [0.29, 0.717) is 39.9 Å². The van der Waals surface area contributed by atoms with Gasteiger partial charge in [0, 0.05) is 6.54 Å².